The summed E-state index contributed by atoms with van der Waals surface area (Å²) in [5, 5.41) is 7.89. The average molecular weight is 428 g/mol. The van der Waals surface area contributed by atoms with E-state index in [1.807, 2.05) is 19.1 Å². The smallest absolute Gasteiger partial charge is 0.408 e. The normalized spacial score (nSPS) is 10.7. The number of benzene rings is 2. The molecule has 31 heavy (non-hydrogen) atoms. The minimum atomic E-state index is -0.663. The Morgan fingerprint density at radius 1 is 0.903 bits per heavy atom. The monoisotopic (exact) mass is 427 g/mol. The highest BCUT2D eigenvalue weighted by Crippen LogP contribution is 2.15. The van der Waals surface area contributed by atoms with Crippen LogP contribution in [0.2, 0.25) is 0 Å². The average Bonchev–Trinajstić information content (AvgIpc) is 2.70. The molecule has 3 N–H and O–H groups in total. The van der Waals surface area contributed by atoms with E-state index in [-0.39, 0.29) is 31.5 Å². The summed E-state index contributed by atoms with van der Waals surface area (Å²) < 4.78 is 10.6. The molecule has 0 saturated carbocycles. The van der Waals surface area contributed by atoms with Crippen molar-refractivity contribution in [3.8, 4) is 5.75 Å². The molecule has 0 aromatic heterocycles. The van der Waals surface area contributed by atoms with Crippen molar-refractivity contribution in [3.05, 3.63) is 59.7 Å². The molecule has 0 bridgehead atoms. The molecule has 0 spiro atoms. The van der Waals surface area contributed by atoms with Crippen molar-refractivity contribution < 1.29 is 23.9 Å². The van der Waals surface area contributed by atoms with Crippen LogP contribution in [0.25, 0.3) is 0 Å². The van der Waals surface area contributed by atoms with Crippen LogP contribution in [0, 0.1) is 6.92 Å². The van der Waals surface area contributed by atoms with Gasteiger partial charge >= 0.3 is 6.09 Å². The third-order valence-corrected chi connectivity index (χ3v) is 3.95. The van der Waals surface area contributed by atoms with E-state index < -0.39 is 11.7 Å². The number of ether oxygens (including phenoxy) is 2. The minimum Gasteiger partial charge on any atom is -0.484 e. The van der Waals surface area contributed by atoms with E-state index in [4.69, 9.17) is 9.47 Å². The third kappa shape index (κ3) is 9.20. The number of rotatable bonds is 8. The lowest BCUT2D eigenvalue weighted by Gasteiger charge is -2.19. The van der Waals surface area contributed by atoms with Gasteiger partial charge in [0.15, 0.2) is 6.61 Å². The van der Waals surface area contributed by atoms with Crippen LogP contribution in [0.4, 0.5) is 10.5 Å². The number of amides is 3. The molecule has 0 heterocycles. The number of anilines is 1. The van der Waals surface area contributed by atoms with Crippen LogP contribution in [-0.4, -0.2) is 36.7 Å². The maximum Gasteiger partial charge on any atom is 0.408 e. The summed E-state index contributed by atoms with van der Waals surface area (Å²) in [5.74, 6) is -0.0839. The van der Waals surface area contributed by atoms with Gasteiger partial charge in [0, 0.05) is 12.2 Å². The standard InChI is InChI=1S/C23H29N3O5/c1-16-9-11-18(12-10-16)30-15-21(28)26-19-8-6-5-7-17(19)13-24-20(27)14-25-22(29)31-23(2,3)4/h5-12H,13-15H2,1-4H3,(H,24,27)(H,25,29)(H,26,28). The first-order chi connectivity index (χ1) is 14.6. The Balaban J connectivity index is 1.81. The second-order valence-electron chi connectivity index (χ2n) is 7.94. The molecular weight excluding hydrogens is 398 g/mol. The largest absolute Gasteiger partial charge is 0.484 e. The molecule has 3 amide bonds. The van der Waals surface area contributed by atoms with Gasteiger partial charge in [-0.25, -0.2) is 4.79 Å². The van der Waals surface area contributed by atoms with Crippen LogP contribution < -0.4 is 20.7 Å². The maximum atomic E-state index is 12.2. The van der Waals surface area contributed by atoms with Crippen LogP contribution in [0.3, 0.4) is 0 Å². The Morgan fingerprint density at radius 2 is 1.58 bits per heavy atom. The lowest BCUT2D eigenvalue weighted by Crippen LogP contribution is -2.39. The fourth-order valence-electron chi connectivity index (χ4n) is 2.49. The molecular formula is C23H29N3O5. The maximum absolute atomic E-state index is 12.2. The van der Waals surface area contributed by atoms with E-state index in [0.29, 0.717) is 11.4 Å². The van der Waals surface area contributed by atoms with Gasteiger partial charge in [0.25, 0.3) is 5.91 Å². The molecule has 0 radical (unpaired) electrons. The predicted molar refractivity (Wildman–Crippen MR) is 118 cm³/mol. The second kappa shape index (κ2) is 11.0. The lowest BCUT2D eigenvalue weighted by atomic mass is 10.1. The highest BCUT2D eigenvalue weighted by atomic mass is 16.6. The van der Waals surface area contributed by atoms with Crippen molar-refractivity contribution in [2.45, 2.75) is 39.8 Å². The van der Waals surface area contributed by atoms with E-state index in [0.717, 1.165) is 11.1 Å². The van der Waals surface area contributed by atoms with E-state index in [1.165, 1.54) is 0 Å². The van der Waals surface area contributed by atoms with Crippen molar-refractivity contribution in [1.82, 2.24) is 10.6 Å². The SMILES string of the molecule is Cc1ccc(OCC(=O)Nc2ccccc2CNC(=O)CNC(=O)OC(C)(C)C)cc1. The molecule has 0 saturated heterocycles. The lowest BCUT2D eigenvalue weighted by molar-refractivity contribution is -0.120. The first kappa shape index (κ1) is 23.7. The Hall–Kier alpha value is -3.55. The number of carbonyl (C=O) groups is 3. The fourth-order valence-corrected chi connectivity index (χ4v) is 2.49. The van der Waals surface area contributed by atoms with Gasteiger partial charge < -0.3 is 25.4 Å². The summed E-state index contributed by atoms with van der Waals surface area (Å²) in [6, 6.07) is 14.5. The number of hydrogen-bond acceptors (Lipinski definition) is 5. The minimum absolute atomic E-state index is 0.135. The van der Waals surface area contributed by atoms with Gasteiger partial charge in [-0.3, -0.25) is 9.59 Å². The van der Waals surface area contributed by atoms with Crippen molar-refractivity contribution in [2.24, 2.45) is 0 Å². The first-order valence-corrected chi connectivity index (χ1v) is 9.93. The molecule has 2 rings (SSSR count). The molecule has 0 atom stereocenters. The predicted octanol–water partition coefficient (Wildman–Crippen LogP) is 3.15. The zero-order chi connectivity index (χ0) is 22.9. The van der Waals surface area contributed by atoms with Gasteiger partial charge in [-0.2, -0.15) is 0 Å². The molecule has 2 aromatic rings. The number of para-hydroxylation sites is 1. The van der Waals surface area contributed by atoms with Crippen molar-refractivity contribution in [3.63, 3.8) is 0 Å². The van der Waals surface area contributed by atoms with E-state index in [1.54, 1.807) is 57.2 Å². The number of nitrogens with one attached hydrogen (secondary N) is 3. The molecule has 8 heteroatoms. The number of aryl methyl sites for hydroxylation is 1. The topological polar surface area (TPSA) is 106 Å². The van der Waals surface area contributed by atoms with E-state index in [2.05, 4.69) is 16.0 Å². The summed E-state index contributed by atoms with van der Waals surface area (Å²) in [5.41, 5.74) is 1.76. The molecule has 2 aromatic carbocycles. The van der Waals surface area contributed by atoms with E-state index in [9.17, 15) is 14.4 Å². The fraction of sp³-hybridized carbons (Fsp3) is 0.348. The quantitative estimate of drug-likeness (QED) is 0.600. The molecule has 0 aliphatic rings. The molecule has 0 fully saturated rings. The van der Waals surface area contributed by atoms with Gasteiger partial charge in [-0.15, -0.1) is 0 Å². The van der Waals surface area contributed by atoms with Crippen molar-refractivity contribution in [1.29, 1.82) is 0 Å². The van der Waals surface area contributed by atoms with Gasteiger partial charge in [-0.05, 0) is 51.5 Å². The van der Waals surface area contributed by atoms with Crippen LogP contribution in [0.5, 0.6) is 5.75 Å². The summed E-state index contributed by atoms with van der Waals surface area (Å²) >= 11 is 0. The van der Waals surface area contributed by atoms with Crippen LogP contribution in [-0.2, 0) is 20.9 Å². The Kier molecular flexibility index (Phi) is 8.43. The summed E-state index contributed by atoms with van der Waals surface area (Å²) in [7, 11) is 0. The van der Waals surface area contributed by atoms with Crippen LogP contribution >= 0.6 is 0 Å². The summed E-state index contributed by atoms with van der Waals surface area (Å²) in [6.45, 7) is 7.03. The zero-order valence-electron chi connectivity index (χ0n) is 18.3. The third-order valence-electron chi connectivity index (χ3n) is 3.95. The first-order valence-electron chi connectivity index (χ1n) is 9.93. The highest BCUT2D eigenvalue weighted by molar-refractivity contribution is 5.92. The van der Waals surface area contributed by atoms with Crippen molar-refractivity contribution >= 4 is 23.6 Å². The van der Waals surface area contributed by atoms with Crippen LogP contribution in [0.1, 0.15) is 31.9 Å². The molecule has 0 unspecified atom stereocenters. The van der Waals surface area contributed by atoms with E-state index >= 15 is 0 Å². The van der Waals surface area contributed by atoms with Gasteiger partial charge in [-0.1, -0.05) is 35.9 Å². The van der Waals surface area contributed by atoms with Crippen molar-refractivity contribution in [2.75, 3.05) is 18.5 Å². The zero-order valence-corrected chi connectivity index (χ0v) is 18.3. The second-order valence-corrected chi connectivity index (χ2v) is 7.94. The summed E-state index contributed by atoms with van der Waals surface area (Å²) in [6.07, 6.45) is -0.663. The van der Waals surface area contributed by atoms with Gasteiger partial charge in [0.1, 0.15) is 17.9 Å². The summed E-state index contributed by atoms with van der Waals surface area (Å²) in [4.78, 5) is 35.9. The van der Waals surface area contributed by atoms with Gasteiger partial charge in [0.2, 0.25) is 5.91 Å². The number of carbonyl (C=O) groups excluding carboxylic acids is 3. The highest BCUT2D eigenvalue weighted by Gasteiger charge is 2.16. The molecule has 0 aliphatic carbocycles. The Morgan fingerprint density at radius 3 is 2.26 bits per heavy atom. The number of alkyl carbamates (subject to hydrolysis) is 1. The Labute approximate surface area is 182 Å². The molecule has 0 aliphatic heterocycles. The number of hydrogen-bond donors (Lipinski definition) is 3. The Bertz CT molecular complexity index is 904. The molecule has 166 valence electrons. The van der Waals surface area contributed by atoms with Gasteiger partial charge in [0.05, 0.1) is 0 Å². The molecule has 8 nitrogen and oxygen atoms in total. The van der Waals surface area contributed by atoms with Crippen LogP contribution in [0.15, 0.2) is 48.5 Å².